The number of thiophene rings is 1. The molecule has 0 aliphatic rings. The van der Waals surface area contributed by atoms with E-state index < -0.39 is 10.0 Å². The molecule has 1 heterocycles. The summed E-state index contributed by atoms with van der Waals surface area (Å²) < 4.78 is 27.8. The van der Waals surface area contributed by atoms with Gasteiger partial charge in [-0.3, -0.25) is 4.72 Å². The Morgan fingerprint density at radius 2 is 2.00 bits per heavy atom. The Labute approximate surface area is 130 Å². The van der Waals surface area contributed by atoms with E-state index in [4.69, 9.17) is 0 Å². The molecule has 0 unspecified atom stereocenters. The number of aryl methyl sites for hydroxylation is 1. The van der Waals surface area contributed by atoms with E-state index in [2.05, 4.69) is 10.0 Å². The lowest BCUT2D eigenvalue weighted by Gasteiger charge is -2.12. The predicted octanol–water partition coefficient (Wildman–Crippen LogP) is 3.22. The lowest BCUT2D eigenvalue weighted by atomic mass is 10.1. The van der Waals surface area contributed by atoms with Crippen LogP contribution < -0.4 is 10.0 Å². The summed E-state index contributed by atoms with van der Waals surface area (Å²) in [6, 6.07) is 7.40. The summed E-state index contributed by atoms with van der Waals surface area (Å²) in [6.07, 6.45) is 0.682. The van der Waals surface area contributed by atoms with Gasteiger partial charge in [0.25, 0.3) is 10.0 Å². The highest BCUT2D eigenvalue weighted by molar-refractivity contribution is 7.92. The van der Waals surface area contributed by atoms with Crippen LogP contribution in [0.5, 0.6) is 0 Å². The van der Waals surface area contributed by atoms with Crippen molar-refractivity contribution in [3.63, 3.8) is 0 Å². The fourth-order valence-corrected chi connectivity index (χ4v) is 4.13. The van der Waals surface area contributed by atoms with Crippen LogP contribution in [0, 0.1) is 0 Å². The molecule has 2 aromatic rings. The minimum atomic E-state index is -3.54. The number of hydrogen-bond donors (Lipinski definition) is 2. The summed E-state index contributed by atoms with van der Waals surface area (Å²) in [6.45, 7) is 5.51. The van der Waals surface area contributed by atoms with Crippen LogP contribution in [0.3, 0.4) is 0 Å². The van der Waals surface area contributed by atoms with Gasteiger partial charge < -0.3 is 5.32 Å². The minimum absolute atomic E-state index is 0.367. The first kappa shape index (κ1) is 16.0. The lowest BCUT2D eigenvalue weighted by Crippen LogP contribution is -2.16. The van der Waals surface area contributed by atoms with Crippen LogP contribution in [-0.4, -0.2) is 15.0 Å². The number of sulfonamides is 1. The Kier molecular flexibility index (Phi) is 5.39. The molecule has 0 radical (unpaired) electrons. The van der Waals surface area contributed by atoms with Crippen LogP contribution in [0.25, 0.3) is 0 Å². The molecule has 114 valence electrons. The molecule has 0 saturated heterocycles. The first-order valence-electron chi connectivity index (χ1n) is 6.94. The molecule has 1 aromatic carbocycles. The summed E-state index contributed by atoms with van der Waals surface area (Å²) in [4.78, 5) is 0.367. The number of hydrogen-bond acceptors (Lipinski definition) is 4. The van der Waals surface area contributed by atoms with Gasteiger partial charge in [-0.25, -0.2) is 8.42 Å². The molecule has 0 bridgehead atoms. The first-order valence-corrected chi connectivity index (χ1v) is 9.37. The predicted molar refractivity (Wildman–Crippen MR) is 88.3 cm³/mol. The first-order chi connectivity index (χ1) is 10.1. The molecule has 2 N–H and O–H groups in total. The Hall–Kier alpha value is -1.37. The Morgan fingerprint density at radius 1 is 1.19 bits per heavy atom. The van der Waals surface area contributed by atoms with Crippen LogP contribution >= 0.6 is 11.3 Å². The van der Waals surface area contributed by atoms with Gasteiger partial charge in [-0.2, -0.15) is 11.3 Å². The van der Waals surface area contributed by atoms with Crippen LogP contribution in [0.2, 0.25) is 0 Å². The van der Waals surface area contributed by atoms with Crippen molar-refractivity contribution in [2.75, 3.05) is 11.3 Å². The van der Waals surface area contributed by atoms with Crippen LogP contribution in [0.4, 0.5) is 5.69 Å². The quantitative estimate of drug-likeness (QED) is 0.822. The van der Waals surface area contributed by atoms with Gasteiger partial charge in [0.15, 0.2) is 0 Å². The highest BCUT2D eigenvalue weighted by Crippen LogP contribution is 2.23. The zero-order valence-corrected chi connectivity index (χ0v) is 13.9. The number of anilines is 1. The topological polar surface area (TPSA) is 58.2 Å². The average Bonchev–Trinajstić information content (AvgIpc) is 2.97. The lowest BCUT2D eigenvalue weighted by molar-refractivity contribution is 0.600. The van der Waals surface area contributed by atoms with Gasteiger partial charge in [-0.05, 0) is 41.6 Å². The van der Waals surface area contributed by atoms with Gasteiger partial charge >= 0.3 is 0 Å². The van der Waals surface area contributed by atoms with Crippen molar-refractivity contribution in [3.05, 3.63) is 46.2 Å². The van der Waals surface area contributed by atoms with Crippen LogP contribution in [0.15, 0.2) is 39.9 Å². The molecule has 2 rings (SSSR count). The van der Waals surface area contributed by atoms with E-state index in [9.17, 15) is 8.42 Å². The van der Waals surface area contributed by atoms with Crippen molar-refractivity contribution < 1.29 is 8.42 Å². The number of rotatable bonds is 7. The highest BCUT2D eigenvalue weighted by Gasteiger charge is 2.18. The maximum Gasteiger partial charge on any atom is 0.262 e. The number of benzene rings is 1. The van der Waals surface area contributed by atoms with Crippen LogP contribution in [-0.2, 0) is 23.0 Å². The molecule has 0 atom stereocenters. The third kappa shape index (κ3) is 4.06. The fraction of sp³-hybridized carbons (Fsp3) is 0.333. The van der Waals surface area contributed by atoms with Crippen LogP contribution in [0.1, 0.15) is 25.0 Å². The average molecular weight is 324 g/mol. The summed E-state index contributed by atoms with van der Waals surface area (Å²) in [5.41, 5.74) is 2.41. The maximum atomic E-state index is 12.6. The van der Waals surface area contributed by atoms with Crippen molar-refractivity contribution in [1.29, 1.82) is 0 Å². The molecule has 0 fully saturated rings. The van der Waals surface area contributed by atoms with E-state index in [0.29, 0.717) is 23.5 Å². The third-order valence-corrected chi connectivity index (χ3v) is 5.30. The summed E-state index contributed by atoms with van der Waals surface area (Å²) in [7, 11) is -3.54. The second-order valence-electron chi connectivity index (χ2n) is 4.69. The maximum absolute atomic E-state index is 12.6. The van der Waals surface area contributed by atoms with E-state index in [-0.39, 0.29) is 0 Å². The summed E-state index contributed by atoms with van der Waals surface area (Å²) in [5, 5.41) is 6.84. The molecule has 0 saturated carbocycles. The van der Waals surface area contributed by atoms with Gasteiger partial charge in [0, 0.05) is 11.9 Å². The molecular formula is C15H20N2O2S2. The SMILES string of the molecule is CCNCc1ccc(CC)c(S(=O)(=O)Nc2ccsc2)c1. The van der Waals surface area contributed by atoms with Crippen molar-refractivity contribution in [2.45, 2.75) is 31.7 Å². The third-order valence-electron chi connectivity index (χ3n) is 3.15. The van der Waals surface area contributed by atoms with E-state index >= 15 is 0 Å². The van der Waals surface area contributed by atoms with Crippen molar-refractivity contribution >= 4 is 27.0 Å². The van der Waals surface area contributed by atoms with Gasteiger partial charge in [0.05, 0.1) is 10.6 Å². The van der Waals surface area contributed by atoms with Gasteiger partial charge in [0.2, 0.25) is 0 Å². The largest absolute Gasteiger partial charge is 0.313 e. The van der Waals surface area contributed by atoms with E-state index in [1.165, 1.54) is 11.3 Å². The molecule has 0 aliphatic carbocycles. The molecule has 6 heteroatoms. The van der Waals surface area contributed by atoms with Crippen molar-refractivity contribution in [1.82, 2.24) is 5.32 Å². The summed E-state index contributed by atoms with van der Waals surface area (Å²) in [5.74, 6) is 0. The molecular weight excluding hydrogens is 304 g/mol. The summed E-state index contributed by atoms with van der Waals surface area (Å²) >= 11 is 1.46. The molecule has 0 amide bonds. The standard InChI is InChI=1S/C15H20N2O2S2/c1-3-13-6-5-12(10-16-4-2)9-15(13)21(18,19)17-14-7-8-20-11-14/h5-9,11,16-17H,3-4,10H2,1-2H3. The van der Waals surface area contributed by atoms with Crippen molar-refractivity contribution in [3.8, 4) is 0 Å². The molecule has 1 aromatic heterocycles. The zero-order valence-electron chi connectivity index (χ0n) is 12.2. The van der Waals surface area contributed by atoms with E-state index in [1.54, 1.807) is 17.5 Å². The Bertz CT molecular complexity index is 680. The van der Waals surface area contributed by atoms with E-state index in [0.717, 1.165) is 17.7 Å². The molecule has 21 heavy (non-hydrogen) atoms. The Balaban J connectivity index is 2.35. The van der Waals surface area contributed by atoms with E-state index in [1.807, 2.05) is 31.4 Å². The zero-order chi connectivity index (χ0) is 15.3. The molecule has 4 nitrogen and oxygen atoms in total. The monoisotopic (exact) mass is 324 g/mol. The second kappa shape index (κ2) is 7.06. The Morgan fingerprint density at radius 3 is 2.62 bits per heavy atom. The van der Waals surface area contributed by atoms with Crippen molar-refractivity contribution in [2.24, 2.45) is 0 Å². The normalized spacial score (nSPS) is 11.5. The van der Waals surface area contributed by atoms with Gasteiger partial charge in [0.1, 0.15) is 0 Å². The highest BCUT2D eigenvalue weighted by atomic mass is 32.2. The fourth-order valence-electron chi connectivity index (χ4n) is 2.05. The smallest absolute Gasteiger partial charge is 0.262 e. The molecule has 0 spiro atoms. The molecule has 0 aliphatic heterocycles. The number of nitrogens with one attached hydrogen (secondary N) is 2. The van der Waals surface area contributed by atoms with Gasteiger partial charge in [-0.15, -0.1) is 0 Å². The van der Waals surface area contributed by atoms with Gasteiger partial charge in [-0.1, -0.05) is 26.0 Å². The minimum Gasteiger partial charge on any atom is -0.313 e. The second-order valence-corrected chi connectivity index (χ2v) is 7.12.